The van der Waals surface area contributed by atoms with Crippen LogP contribution in [0.25, 0.3) is 22.3 Å². The molecule has 1 aliphatic rings. The Hall–Kier alpha value is -3.06. The van der Waals surface area contributed by atoms with E-state index in [1.165, 1.54) is 31.4 Å². The number of fused-ring (bicyclic) bond motifs is 1. The highest BCUT2D eigenvalue weighted by atomic mass is 35.5. The van der Waals surface area contributed by atoms with Gasteiger partial charge in [0, 0.05) is 18.2 Å². The van der Waals surface area contributed by atoms with Gasteiger partial charge in [-0.25, -0.2) is 4.98 Å². The molecular formula is C28H28ClF3N4. The van der Waals surface area contributed by atoms with Gasteiger partial charge in [0.2, 0.25) is 5.28 Å². The number of hydrogen-bond acceptors (Lipinski definition) is 3. The van der Waals surface area contributed by atoms with Gasteiger partial charge in [0.1, 0.15) is 5.52 Å². The average Bonchev–Trinajstić information content (AvgIpc) is 3.03. The molecule has 8 heteroatoms. The molecule has 0 saturated heterocycles. The van der Waals surface area contributed by atoms with Crippen molar-refractivity contribution in [2.45, 2.75) is 58.8 Å². The van der Waals surface area contributed by atoms with Gasteiger partial charge in [0.15, 0.2) is 5.82 Å². The van der Waals surface area contributed by atoms with Gasteiger partial charge in [-0.3, -0.25) is 0 Å². The summed E-state index contributed by atoms with van der Waals surface area (Å²) in [6.45, 7) is 6.56. The molecule has 36 heavy (non-hydrogen) atoms. The van der Waals surface area contributed by atoms with Crippen LogP contribution < -0.4 is 5.32 Å². The third-order valence-electron chi connectivity index (χ3n) is 7.24. The van der Waals surface area contributed by atoms with Crippen LogP contribution in [0, 0.1) is 19.8 Å². The summed E-state index contributed by atoms with van der Waals surface area (Å²) in [6.07, 6.45) is -0.786. The van der Waals surface area contributed by atoms with E-state index >= 15 is 0 Å². The van der Waals surface area contributed by atoms with E-state index in [4.69, 9.17) is 11.6 Å². The van der Waals surface area contributed by atoms with Crippen molar-refractivity contribution in [1.29, 1.82) is 0 Å². The van der Waals surface area contributed by atoms with Crippen molar-refractivity contribution in [2.75, 3.05) is 5.32 Å². The van der Waals surface area contributed by atoms with E-state index in [2.05, 4.69) is 32.8 Å². The Bertz CT molecular complexity index is 1410. The number of aryl methyl sites for hydroxylation is 2. The van der Waals surface area contributed by atoms with Crippen molar-refractivity contribution in [3.63, 3.8) is 0 Å². The Kier molecular flexibility index (Phi) is 6.45. The molecule has 0 radical (unpaired) electrons. The molecule has 1 saturated carbocycles. The highest BCUT2D eigenvalue weighted by Gasteiger charge is 2.30. The summed E-state index contributed by atoms with van der Waals surface area (Å²) in [6, 6.07) is 13.7. The van der Waals surface area contributed by atoms with Crippen LogP contribution in [-0.4, -0.2) is 20.6 Å². The molecule has 0 spiro atoms. The van der Waals surface area contributed by atoms with Crippen LogP contribution >= 0.6 is 11.6 Å². The van der Waals surface area contributed by atoms with Crippen molar-refractivity contribution >= 4 is 28.5 Å². The van der Waals surface area contributed by atoms with Crippen molar-refractivity contribution in [1.82, 2.24) is 14.5 Å². The van der Waals surface area contributed by atoms with Crippen molar-refractivity contribution in [3.05, 3.63) is 76.1 Å². The lowest BCUT2D eigenvalue weighted by Gasteiger charge is -2.32. The minimum atomic E-state index is -4.37. The van der Waals surface area contributed by atoms with E-state index in [-0.39, 0.29) is 11.3 Å². The van der Waals surface area contributed by atoms with Crippen molar-refractivity contribution < 1.29 is 13.2 Å². The standard InChI is InChI=1S/C28H28ClF3N4/c1-16-6-4-9-21(14-16)24-17(2)23-25(26(35-27(29)34-23)33-18(3)20-7-5-8-20)36(24)15-19-10-12-22(13-11-19)28(30,31)32/h4,6,9-14,18,20H,5,7-8,15H2,1-3H3,(H,33,34,35). The second-order valence-corrected chi connectivity index (χ2v) is 10.1. The number of nitrogens with one attached hydrogen (secondary N) is 1. The van der Waals surface area contributed by atoms with Gasteiger partial charge in [-0.1, -0.05) is 42.3 Å². The van der Waals surface area contributed by atoms with Crippen LogP contribution in [0.4, 0.5) is 19.0 Å². The Morgan fingerprint density at radius 2 is 1.81 bits per heavy atom. The maximum absolute atomic E-state index is 13.2. The normalized spacial score (nSPS) is 15.2. The lowest BCUT2D eigenvalue weighted by molar-refractivity contribution is -0.137. The highest BCUT2D eigenvalue weighted by molar-refractivity contribution is 6.29. The van der Waals surface area contributed by atoms with E-state index in [1.807, 2.05) is 32.0 Å². The smallest absolute Gasteiger partial charge is 0.365 e. The number of aromatic nitrogens is 3. The first-order chi connectivity index (χ1) is 17.1. The third kappa shape index (κ3) is 4.69. The second kappa shape index (κ2) is 9.43. The number of hydrogen-bond donors (Lipinski definition) is 1. The summed E-state index contributed by atoms with van der Waals surface area (Å²) in [5.74, 6) is 1.22. The Morgan fingerprint density at radius 3 is 2.42 bits per heavy atom. The van der Waals surface area contributed by atoms with Crippen molar-refractivity contribution in [3.8, 4) is 11.3 Å². The topological polar surface area (TPSA) is 42.7 Å². The molecule has 4 nitrogen and oxygen atoms in total. The number of benzene rings is 2. The van der Waals surface area contributed by atoms with Gasteiger partial charge in [0.05, 0.1) is 16.8 Å². The molecule has 0 bridgehead atoms. The Balaban J connectivity index is 1.68. The largest absolute Gasteiger partial charge is 0.416 e. The van der Waals surface area contributed by atoms with E-state index in [1.54, 1.807) is 0 Å². The maximum Gasteiger partial charge on any atom is 0.416 e. The lowest BCUT2D eigenvalue weighted by Crippen LogP contribution is -2.31. The monoisotopic (exact) mass is 512 g/mol. The van der Waals surface area contributed by atoms with Gasteiger partial charge in [-0.05, 0) is 80.5 Å². The molecule has 0 aliphatic heterocycles. The molecule has 1 aliphatic carbocycles. The van der Waals surface area contributed by atoms with Gasteiger partial charge >= 0.3 is 6.18 Å². The quantitative estimate of drug-likeness (QED) is 0.266. The van der Waals surface area contributed by atoms with E-state index < -0.39 is 11.7 Å². The van der Waals surface area contributed by atoms with Crippen LogP contribution in [0.15, 0.2) is 48.5 Å². The first-order valence-corrected chi connectivity index (χ1v) is 12.6. The molecule has 1 unspecified atom stereocenters. The predicted octanol–water partition coefficient (Wildman–Crippen LogP) is 8.04. The number of halogens is 4. The van der Waals surface area contributed by atoms with Gasteiger partial charge in [-0.2, -0.15) is 18.2 Å². The molecule has 1 N–H and O–H groups in total. The molecule has 2 heterocycles. The summed E-state index contributed by atoms with van der Waals surface area (Å²) in [4.78, 5) is 9.15. The molecule has 1 fully saturated rings. The molecule has 2 aromatic heterocycles. The van der Waals surface area contributed by atoms with Crippen molar-refractivity contribution in [2.24, 2.45) is 5.92 Å². The predicted molar refractivity (Wildman–Crippen MR) is 138 cm³/mol. The molecule has 1 atom stereocenters. The molecule has 5 rings (SSSR count). The fourth-order valence-electron chi connectivity index (χ4n) is 5.05. The lowest BCUT2D eigenvalue weighted by atomic mass is 9.80. The number of nitrogens with zero attached hydrogens (tertiary/aromatic N) is 3. The Morgan fingerprint density at radius 1 is 1.08 bits per heavy atom. The fraction of sp³-hybridized carbons (Fsp3) is 0.357. The molecule has 2 aromatic carbocycles. The second-order valence-electron chi connectivity index (χ2n) is 9.79. The van der Waals surface area contributed by atoms with Gasteiger partial charge < -0.3 is 9.88 Å². The average molecular weight is 513 g/mol. The van der Waals surface area contributed by atoms with Crippen LogP contribution in [-0.2, 0) is 12.7 Å². The summed E-state index contributed by atoms with van der Waals surface area (Å²) >= 11 is 6.38. The summed E-state index contributed by atoms with van der Waals surface area (Å²) < 4.78 is 41.6. The minimum Gasteiger partial charge on any atom is -0.365 e. The van der Waals surface area contributed by atoms with Crippen LogP contribution in [0.2, 0.25) is 5.28 Å². The van der Waals surface area contributed by atoms with E-state index in [0.717, 1.165) is 51.1 Å². The fourth-order valence-corrected chi connectivity index (χ4v) is 5.22. The first kappa shape index (κ1) is 24.6. The third-order valence-corrected chi connectivity index (χ3v) is 7.41. The summed E-state index contributed by atoms with van der Waals surface area (Å²) in [5, 5.41) is 3.74. The maximum atomic E-state index is 13.2. The molecule has 188 valence electrons. The molecule has 0 amide bonds. The number of alkyl halides is 3. The highest BCUT2D eigenvalue weighted by Crippen LogP contribution is 2.39. The zero-order valence-corrected chi connectivity index (χ0v) is 21.2. The summed E-state index contributed by atoms with van der Waals surface area (Å²) in [5.41, 5.74) is 5.65. The van der Waals surface area contributed by atoms with Crippen LogP contribution in [0.3, 0.4) is 0 Å². The molecular weight excluding hydrogens is 485 g/mol. The van der Waals surface area contributed by atoms with E-state index in [9.17, 15) is 13.2 Å². The number of anilines is 1. The number of rotatable bonds is 6. The SMILES string of the molecule is Cc1cccc(-c2c(C)c3nc(Cl)nc(NC(C)C4CCC4)c3n2Cc2ccc(C(F)(F)F)cc2)c1. The van der Waals surface area contributed by atoms with E-state index in [0.29, 0.717) is 18.3 Å². The zero-order valence-electron chi connectivity index (χ0n) is 20.5. The summed E-state index contributed by atoms with van der Waals surface area (Å²) in [7, 11) is 0. The van der Waals surface area contributed by atoms with Crippen LogP contribution in [0.5, 0.6) is 0 Å². The Labute approximate surface area is 213 Å². The zero-order chi connectivity index (χ0) is 25.6. The van der Waals surface area contributed by atoms with Gasteiger partial charge in [-0.15, -0.1) is 0 Å². The first-order valence-electron chi connectivity index (χ1n) is 12.2. The molecule has 4 aromatic rings. The van der Waals surface area contributed by atoms with Crippen LogP contribution in [0.1, 0.15) is 48.4 Å². The van der Waals surface area contributed by atoms with Gasteiger partial charge in [0.25, 0.3) is 0 Å². The minimum absolute atomic E-state index is 0.163.